The number of rotatable bonds is 2. The molecule has 1 aromatic carbocycles. The van der Waals surface area contributed by atoms with E-state index in [0.717, 1.165) is 11.4 Å². The molecule has 7 heteroatoms. The summed E-state index contributed by atoms with van der Waals surface area (Å²) in [7, 11) is 0. The van der Waals surface area contributed by atoms with Crippen molar-refractivity contribution >= 4 is 46.5 Å². The van der Waals surface area contributed by atoms with Crippen molar-refractivity contribution in [2.45, 2.75) is 5.16 Å². The number of hydrogen-bond donors (Lipinski definition) is 1. The zero-order valence-corrected chi connectivity index (χ0v) is 12.2. The Morgan fingerprint density at radius 2 is 2.15 bits per heavy atom. The van der Waals surface area contributed by atoms with E-state index in [-0.39, 0.29) is 12.5 Å². The zero-order chi connectivity index (χ0) is 14.1. The molecule has 0 unspecified atom stereocenters. The third-order valence-electron chi connectivity index (χ3n) is 2.89. The molecule has 20 heavy (non-hydrogen) atoms. The van der Waals surface area contributed by atoms with Gasteiger partial charge in [0.15, 0.2) is 5.16 Å². The fourth-order valence-electron chi connectivity index (χ4n) is 2.05. The van der Waals surface area contributed by atoms with E-state index in [2.05, 4.69) is 15.3 Å². The van der Waals surface area contributed by atoms with Crippen LogP contribution in [0.15, 0.2) is 35.5 Å². The molecule has 2 heterocycles. The third-order valence-corrected chi connectivity index (χ3v) is 3.63. The molecule has 1 N–H and O–H groups in total. The normalized spacial score (nSPS) is 13.9. The largest absolute Gasteiger partial charge is 0.323 e. The van der Waals surface area contributed by atoms with Crippen molar-refractivity contribution in [3.8, 4) is 0 Å². The van der Waals surface area contributed by atoms with Gasteiger partial charge in [-0.1, -0.05) is 35.5 Å². The molecule has 1 aliphatic heterocycles. The van der Waals surface area contributed by atoms with Gasteiger partial charge in [0.05, 0.1) is 11.4 Å². The molecule has 1 aromatic heterocycles. The number of hydrogen-bond acceptors (Lipinski definition) is 5. The number of carbonyl (C=O) groups excluding carboxylic acids is 1. The van der Waals surface area contributed by atoms with Crippen LogP contribution < -0.4 is 10.2 Å². The average Bonchev–Trinajstić information content (AvgIpc) is 2.45. The highest BCUT2D eigenvalue weighted by molar-refractivity contribution is 7.98. The van der Waals surface area contributed by atoms with Gasteiger partial charge in [0.25, 0.3) is 0 Å². The van der Waals surface area contributed by atoms with Gasteiger partial charge in [-0.3, -0.25) is 4.79 Å². The number of fused-ring (bicyclic) bond motifs is 1. The molecule has 5 nitrogen and oxygen atoms in total. The van der Waals surface area contributed by atoms with E-state index in [9.17, 15) is 4.79 Å². The fourth-order valence-corrected chi connectivity index (χ4v) is 2.65. The van der Waals surface area contributed by atoms with E-state index in [1.165, 1.54) is 11.8 Å². The molecular weight excluding hydrogens is 296 g/mol. The van der Waals surface area contributed by atoms with Crippen LogP contribution in [0.1, 0.15) is 0 Å². The van der Waals surface area contributed by atoms with Crippen molar-refractivity contribution in [2.24, 2.45) is 0 Å². The number of amides is 1. The van der Waals surface area contributed by atoms with Gasteiger partial charge in [-0.05, 0) is 18.4 Å². The minimum absolute atomic E-state index is 0.0795. The number of nitrogens with one attached hydrogen (secondary N) is 1. The molecule has 0 aliphatic carbocycles. The van der Waals surface area contributed by atoms with Crippen molar-refractivity contribution < 1.29 is 4.79 Å². The van der Waals surface area contributed by atoms with Gasteiger partial charge in [0.1, 0.15) is 17.5 Å². The molecule has 0 spiro atoms. The second-order valence-corrected chi connectivity index (χ2v) is 5.35. The summed E-state index contributed by atoms with van der Waals surface area (Å²) in [6.45, 7) is 0.207. The first kappa shape index (κ1) is 13.2. The van der Waals surface area contributed by atoms with Crippen LogP contribution in [0.2, 0.25) is 5.15 Å². The van der Waals surface area contributed by atoms with Crippen LogP contribution >= 0.6 is 23.4 Å². The molecule has 3 rings (SSSR count). The van der Waals surface area contributed by atoms with Crippen molar-refractivity contribution in [3.63, 3.8) is 0 Å². The highest BCUT2D eigenvalue weighted by Crippen LogP contribution is 2.34. The highest BCUT2D eigenvalue weighted by Gasteiger charge is 2.24. The van der Waals surface area contributed by atoms with Crippen LogP contribution in [0.5, 0.6) is 0 Å². The van der Waals surface area contributed by atoms with Crippen LogP contribution in [0.3, 0.4) is 0 Å². The molecule has 102 valence electrons. The maximum Gasteiger partial charge on any atom is 0.244 e. The van der Waals surface area contributed by atoms with Gasteiger partial charge < -0.3 is 10.2 Å². The maximum absolute atomic E-state index is 11.8. The van der Waals surface area contributed by atoms with E-state index in [4.69, 9.17) is 11.6 Å². The van der Waals surface area contributed by atoms with Crippen molar-refractivity contribution in [1.29, 1.82) is 0 Å². The topological polar surface area (TPSA) is 58.1 Å². The van der Waals surface area contributed by atoms with Gasteiger partial charge >= 0.3 is 0 Å². The number of halogens is 1. The van der Waals surface area contributed by atoms with Crippen LogP contribution in [-0.2, 0) is 4.79 Å². The summed E-state index contributed by atoms with van der Waals surface area (Å²) in [6.07, 6.45) is 1.88. The minimum atomic E-state index is -0.0795. The van der Waals surface area contributed by atoms with Gasteiger partial charge in [0, 0.05) is 6.07 Å². The first-order chi connectivity index (χ1) is 9.67. The monoisotopic (exact) mass is 306 g/mol. The zero-order valence-electron chi connectivity index (χ0n) is 10.6. The molecule has 0 fully saturated rings. The van der Waals surface area contributed by atoms with E-state index >= 15 is 0 Å². The first-order valence-electron chi connectivity index (χ1n) is 5.92. The number of thioether (sulfide) groups is 1. The molecular formula is C13H11ClN4OS. The van der Waals surface area contributed by atoms with Crippen molar-refractivity contribution in [3.05, 3.63) is 35.5 Å². The number of carbonyl (C=O) groups is 1. The Balaban J connectivity index is 2.10. The number of para-hydroxylation sites is 2. The highest BCUT2D eigenvalue weighted by atomic mass is 35.5. The SMILES string of the molecule is CSc1nc(Cl)cc(N2CC(=O)Nc3ccccc32)n1. The smallest absolute Gasteiger partial charge is 0.244 e. The second kappa shape index (κ2) is 5.30. The van der Waals surface area contributed by atoms with Crippen molar-refractivity contribution in [1.82, 2.24) is 9.97 Å². The quantitative estimate of drug-likeness (QED) is 0.525. The molecule has 1 amide bonds. The summed E-state index contributed by atoms with van der Waals surface area (Å²) in [4.78, 5) is 22.2. The maximum atomic E-state index is 11.8. The first-order valence-corrected chi connectivity index (χ1v) is 7.52. The van der Waals surface area contributed by atoms with E-state index < -0.39 is 0 Å². The van der Waals surface area contributed by atoms with Crippen LogP contribution in [0.4, 0.5) is 17.2 Å². The Bertz CT molecular complexity index is 679. The average molecular weight is 307 g/mol. The summed E-state index contributed by atoms with van der Waals surface area (Å²) in [5.41, 5.74) is 1.66. The molecule has 0 atom stereocenters. The molecule has 0 saturated heterocycles. The lowest BCUT2D eigenvalue weighted by Gasteiger charge is -2.30. The molecule has 0 saturated carbocycles. The third kappa shape index (κ3) is 2.44. The van der Waals surface area contributed by atoms with Crippen molar-refractivity contribution in [2.75, 3.05) is 23.0 Å². The van der Waals surface area contributed by atoms with Crippen LogP contribution in [0, 0.1) is 0 Å². The lowest BCUT2D eigenvalue weighted by atomic mass is 10.2. The Hall–Kier alpha value is -1.79. The van der Waals surface area contributed by atoms with E-state index in [0.29, 0.717) is 16.1 Å². The van der Waals surface area contributed by atoms with Gasteiger partial charge in [0.2, 0.25) is 5.91 Å². The Kier molecular flexibility index (Phi) is 3.50. The lowest BCUT2D eigenvalue weighted by Crippen LogP contribution is -2.35. The Labute approximate surface area is 125 Å². The molecule has 1 aliphatic rings. The van der Waals surface area contributed by atoms with Gasteiger partial charge in [-0.15, -0.1) is 0 Å². The summed E-state index contributed by atoms with van der Waals surface area (Å²) < 4.78 is 0. The number of benzene rings is 1. The standard InChI is InChI=1S/C13H11ClN4OS/c1-20-13-16-10(14)6-11(17-13)18-7-12(19)15-8-4-2-3-5-9(8)18/h2-6H,7H2,1H3,(H,15,19). The summed E-state index contributed by atoms with van der Waals surface area (Å²) in [6, 6.07) is 9.25. The second-order valence-electron chi connectivity index (χ2n) is 4.19. The Morgan fingerprint density at radius 3 is 2.95 bits per heavy atom. The predicted octanol–water partition coefficient (Wildman–Crippen LogP) is 2.94. The number of anilines is 3. The minimum Gasteiger partial charge on any atom is -0.323 e. The number of aromatic nitrogens is 2. The lowest BCUT2D eigenvalue weighted by molar-refractivity contribution is -0.115. The molecule has 0 radical (unpaired) electrons. The summed E-state index contributed by atoms with van der Waals surface area (Å²) >= 11 is 7.43. The summed E-state index contributed by atoms with van der Waals surface area (Å²) in [5, 5.41) is 3.78. The van der Waals surface area contributed by atoms with Crippen LogP contribution in [-0.4, -0.2) is 28.7 Å². The Morgan fingerprint density at radius 1 is 1.35 bits per heavy atom. The van der Waals surface area contributed by atoms with Crippen LogP contribution in [0.25, 0.3) is 0 Å². The summed E-state index contributed by atoms with van der Waals surface area (Å²) in [5.74, 6) is 0.542. The number of nitrogens with zero attached hydrogens (tertiary/aromatic N) is 3. The van der Waals surface area contributed by atoms with Gasteiger partial charge in [-0.2, -0.15) is 0 Å². The fraction of sp³-hybridized carbons (Fsp3) is 0.154. The molecule has 0 bridgehead atoms. The van der Waals surface area contributed by atoms with E-state index in [1.807, 2.05) is 35.4 Å². The predicted molar refractivity (Wildman–Crippen MR) is 80.9 cm³/mol. The van der Waals surface area contributed by atoms with E-state index in [1.54, 1.807) is 6.07 Å². The molecule has 2 aromatic rings. The van der Waals surface area contributed by atoms with Gasteiger partial charge in [-0.25, -0.2) is 9.97 Å².